The van der Waals surface area contributed by atoms with Gasteiger partial charge in [0.2, 0.25) is 5.91 Å². The first-order valence-corrected chi connectivity index (χ1v) is 4.81. The van der Waals surface area contributed by atoms with E-state index >= 15 is 0 Å². The highest BCUT2D eigenvalue weighted by Gasteiger charge is 2.10. The van der Waals surface area contributed by atoms with Gasteiger partial charge in [0.05, 0.1) is 0 Å². The van der Waals surface area contributed by atoms with E-state index in [2.05, 4.69) is 11.2 Å². The number of hydrogen-bond donors (Lipinski definition) is 1. The summed E-state index contributed by atoms with van der Waals surface area (Å²) >= 11 is 0. The Kier molecular flexibility index (Phi) is 6.87. The summed E-state index contributed by atoms with van der Waals surface area (Å²) in [6.07, 6.45) is 6.20. The highest BCUT2D eigenvalue weighted by molar-refractivity contribution is 5.76. The Bertz CT molecular complexity index is 208. The van der Waals surface area contributed by atoms with Crippen molar-refractivity contribution in [2.45, 2.75) is 32.7 Å². The highest BCUT2D eigenvalue weighted by atomic mass is 16.5. The van der Waals surface area contributed by atoms with Crippen molar-refractivity contribution in [2.24, 2.45) is 5.92 Å². The Morgan fingerprint density at radius 1 is 1.57 bits per heavy atom. The van der Waals surface area contributed by atoms with Crippen LogP contribution in [-0.2, 0) is 9.53 Å². The molecule has 0 heterocycles. The molecule has 0 aromatic carbocycles. The molecule has 0 aliphatic rings. The Morgan fingerprint density at radius 3 is 2.71 bits per heavy atom. The molecule has 0 rings (SSSR count). The number of amides is 1. The van der Waals surface area contributed by atoms with Gasteiger partial charge in [0.15, 0.2) is 0 Å². The van der Waals surface area contributed by atoms with Crippen molar-refractivity contribution in [1.29, 1.82) is 0 Å². The maximum absolute atomic E-state index is 11.4. The van der Waals surface area contributed by atoms with Crippen LogP contribution in [0.15, 0.2) is 0 Å². The minimum absolute atomic E-state index is 0.0392. The zero-order valence-electron chi connectivity index (χ0n) is 9.17. The molecule has 2 atom stereocenters. The van der Waals surface area contributed by atoms with Crippen molar-refractivity contribution >= 4 is 5.91 Å². The molecule has 0 saturated heterocycles. The fourth-order valence-corrected chi connectivity index (χ4v) is 1.22. The van der Waals surface area contributed by atoms with Crippen LogP contribution in [0.1, 0.15) is 26.7 Å². The van der Waals surface area contributed by atoms with Gasteiger partial charge in [-0.3, -0.25) is 4.79 Å². The van der Waals surface area contributed by atoms with Crippen LogP contribution in [0.25, 0.3) is 0 Å². The Hall–Kier alpha value is -1.01. The van der Waals surface area contributed by atoms with Crippen LogP contribution < -0.4 is 5.32 Å². The number of ether oxygens (including phenoxy) is 1. The van der Waals surface area contributed by atoms with E-state index < -0.39 is 0 Å². The zero-order valence-corrected chi connectivity index (χ0v) is 9.17. The molecule has 0 aromatic heterocycles. The fourth-order valence-electron chi connectivity index (χ4n) is 1.22. The van der Waals surface area contributed by atoms with Crippen molar-refractivity contribution in [3.63, 3.8) is 0 Å². The highest BCUT2D eigenvalue weighted by Crippen LogP contribution is 2.02. The quantitative estimate of drug-likeness (QED) is 0.649. The van der Waals surface area contributed by atoms with E-state index in [0.29, 0.717) is 19.4 Å². The summed E-state index contributed by atoms with van der Waals surface area (Å²) in [7, 11) is 1.63. The Labute approximate surface area is 86.2 Å². The second-order valence-corrected chi connectivity index (χ2v) is 3.64. The van der Waals surface area contributed by atoms with E-state index in [9.17, 15) is 4.79 Å². The molecule has 0 saturated carbocycles. The summed E-state index contributed by atoms with van der Waals surface area (Å²) in [6.45, 7) is 4.49. The number of nitrogens with one attached hydrogen (secondary N) is 1. The van der Waals surface area contributed by atoms with E-state index in [-0.39, 0.29) is 17.9 Å². The molecule has 0 aliphatic carbocycles. The third-order valence-electron chi connectivity index (χ3n) is 1.82. The van der Waals surface area contributed by atoms with Crippen LogP contribution in [0.4, 0.5) is 0 Å². The van der Waals surface area contributed by atoms with Gasteiger partial charge in [-0.05, 0) is 12.8 Å². The van der Waals surface area contributed by atoms with E-state index in [0.717, 1.165) is 0 Å². The van der Waals surface area contributed by atoms with Gasteiger partial charge in [0.25, 0.3) is 0 Å². The molecule has 0 aliphatic heterocycles. The van der Waals surface area contributed by atoms with Gasteiger partial charge in [-0.2, -0.15) is 0 Å². The third kappa shape index (κ3) is 6.50. The van der Waals surface area contributed by atoms with Crippen molar-refractivity contribution in [3.05, 3.63) is 0 Å². The van der Waals surface area contributed by atoms with Gasteiger partial charge < -0.3 is 10.1 Å². The molecule has 0 bridgehead atoms. The van der Waals surface area contributed by atoms with Crippen molar-refractivity contribution in [1.82, 2.24) is 5.32 Å². The molecule has 80 valence electrons. The lowest BCUT2D eigenvalue weighted by Gasteiger charge is -2.13. The minimum atomic E-state index is 0.0392. The number of carbonyl (C=O) groups excluding carboxylic acids is 1. The van der Waals surface area contributed by atoms with E-state index in [1.165, 1.54) is 0 Å². The predicted octanol–water partition coefficient (Wildman–Crippen LogP) is 1.19. The molecular formula is C11H19NO2. The fraction of sp³-hybridized carbons (Fsp3) is 0.727. The predicted molar refractivity (Wildman–Crippen MR) is 56.7 cm³/mol. The molecule has 14 heavy (non-hydrogen) atoms. The lowest BCUT2D eigenvalue weighted by molar-refractivity contribution is -0.122. The van der Waals surface area contributed by atoms with Crippen LogP contribution in [-0.4, -0.2) is 25.7 Å². The molecule has 0 aromatic rings. The van der Waals surface area contributed by atoms with E-state index in [1.807, 2.05) is 13.8 Å². The molecule has 1 amide bonds. The first-order chi connectivity index (χ1) is 6.60. The Balaban J connectivity index is 3.70. The number of carbonyl (C=O) groups is 1. The normalized spacial score (nSPS) is 14.1. The number of methoxy groups -OCH3 is 1. The first-order valence-electron chi connectivity index (χ1n) is 4.81. The van der Waals surface area contributed by atoms with E-state index in [1.54, 1.807) is 7.11 Å². The number of terminal acetylenes is 1. The smallest absolute Gasteiger partial charge is 0.220 e. The summed E-state index contributed by atoms with van der Waals surface area (Å²) < 4.78 is 4.94. The van der Waals surface area contributed by atoms with Gasteiger partial charge in [-0.25, -0.2) is 0 Å². The standard InChI is InChI=1S/C11H19NO2/c1-5-6-10(3)12-11(13)7-9(2)8-14-4/h1,9-10H,6-8H2,2-4H3,(H,12,13). The lowest BCUT2D eigenvalue weighted by atomic mass is 10.1. The van der Waals surface area contributed by atoms with Gasteiger partial charge >= 0.3 is 0 Å². The summed E-state index contributed by atoms with van der Waals surface area (Å²) in [5.74, 6) is 2.80. The van der Waals surface area contributed by atoms with Crippen LogP contribution in [0.2, 0.25) is 0 Å². The van der Waals surface area contributed by atoms with Crippen molar-refractivity contribution in [3.8, 4) is 12.3 Å². The average Bonchev–Trinajstić information content (AvgIpc) is 2.03. The van der Waals surface area contributed by atoms with Gasteiger partial charge in [-0.15, -0.1) is 12.3 Å². The van der Waals surface area contributed by atoms with Crippen LogP contribution in [0, 0.1) is 18.3 Å². The summed E-state index contributed by atoms with van der Waals surface area (Å²) in [4.78, 5) is 11.4. The zero-order chi connectivity index (χ0) is 11.0. The first kappa shape index (κ1) is 13.0. The second kappa shape index (κ2) is 7.40. The lowest BCUT2D eigenvalue weighted by Crippen LogP contribution is -2.33. The summed E-state index contributed by atoms with van der Waals surface area (Å²) in [5, 5.41) is 2.83. The maximum atomic E-state index is 11.4. The molecule has 3 heteroatoms. The van der Waals surface area contributed by atoms with Crippen LogP contribution in [0.5, 0.6) is 0 Å². The molecule has 0 fully saturated rings. The van der Waals surface area contributed by atoms with Gasteiger partial charge in [0, 0.05) is 32.6 Å². The molecule has 0 spiro atoms. The van der Waals surface area contributed by atoms with Crippen molar-refractivity contribution in [2.75, 3.05) is 13.7 Å². The topological polar surface area (TPSA) is 38.3 Å². The van der Waals surface area contributed by atoms with Crippen LogP contribution in [0.3, 0.4) is 0 Å². The number of rotatable bonds is 6. The monoisotopic (exact) mass is 197 g/mol. The second-order valence-electron chi connectivity index (χ2n) is 3.64. The molecular weight excluding hydrogens is 178 g/mol. The summed E-state index contributed by atoms with van der Waals surface area (Å²) in [5.41, 5.74) is 0. The SMILES string of the molecule is C#CCC(C)NC(=O)CC(C)COC. The minimum Gasteiger partial charge on any atom is -0.384 e. The molecule has 3 nitrogen and oxygen atoms in total. The largest absolute Gasteiger partial charge is 0.384 e. The molecule has 2 unspecified atom stereocenters. The molecule has 0 radical (unpaired) electrons. The van der Waals surface area contributed by atoms with E-state index in [4.69, 9.17) is 11.2 Å². The Morgan fingerprint density at radius 2 is 2.21 bits per heavy atom. The summed E-state index contributed by atoms with van der Waals surface area (Å²) in [6, 6.07) is 0.0576. The third-order valence-corrected chi connectivity index (χ3v) is 1.82. The van der Waals surface area contributed by atoms with Crippen molar-refractivity contribution < 1.29 is 9.53 Å². The van der Waals surface area contributed by atoms with Crippen LogP contribution >= 0.6 is 0 Å². The maximum Gasteiger partial charge on any atom is 0.220 e. The average molecular weight is 197 g/mol. The molecule has 1 N–H and O–H groups in total. The van der Waals surface area contributed by atoms with Gasteiger partial charge in [0.1, 0.15) is 0 Å². The van der Waals surface area contributed by atoms with Gasteiger partial charge in [-0.1, -0.05) is 6.92 Å². The number of hydrogen-bond acceptors (Lipinski definition) is 2.